The van der Waals surface area contributed by atoms with E-state index in [4.69, 9.17) is 5.26 Å². The Morgan fingerprint density at radius 2 is 1.95 bits per heavy atom. The maximum Gasteiger partial charge on any atom is 0.263 e. The van der Waals surface area contributed by atoms with Crippen molar-refractivity contribution in [2.75, 3.05) is 5.32 Å². The van der Waals surface area contributed by atoms with Gasteiger partial charge in [0.1, 0.15) is 11.6 Å². The van der Waals surface area contributed by atoms with E-state index >= 15 is 0 Å². The molecule has 0 fully saturated rings. The zero-order valence-corrected chi connectivity index (χ0v) is 13.3. The normalized spacial score (nSPS) is 10.6. The highest BCUT2D eigenvalue weighted by Crippen LogP contribution is 2.15. The molecule has 5 heteroatoms. The van der Waals surface area contributed by atoms with Crippen molar-refractivity contribution in [3.8, 4) is 6.07 Å². The van der Waals surface area contributed by atoms with Crippen LogP contribution in [0.15, 0.2) is 70.8 Å². The van der Waals surface area contributed by atoms with Crippen molar-refractivity contribution in [1.82, 2.24) is 5.32 Å². The molecule has 2 N–H and O–H groups in total. The Labute approximate surface area is 137 Å². The van der Waals surface area contributed by atoms with E-state index in [1.54, 1.807) is 0 Å². The molecule has 2 aromatic carbocycles. The van der Waals surface area contributed by atoms with Gasteiger partial charge in [0, 0.05) is 22.9 Å². The van der Waals surface area contributed by atoms with E-state index in [-0.39, 0.29) is 5.57 Å². The molecule has 0 aliphatic carbocycles. The first kappa shape index (κ1) is 15.8. The highest BCUT2D eigenvalue weighted by molar-refractivity contribution is 9.10. The van der Waals surface area contributed by atoms with Gasteiger partial charge < -0.3 is 10.6 Å². The summed E-state index contributed by atoms with van der Waals surface area (Å²) in [4.78, 5) is 12.0. The molecule has 0 heterocycles. The number of hydrogen-bond acceptors (Lipinski definition) is 3. The van der Waals surface area contributed by atoms with Crippen LogP contribution >= 0.6 is 15.9 Å². The van der Waals surface area contributed by atoms with Gasteiger partial charge in [0.15, 0.2) is 0 Å². The van der Waals surface area contributed by atoms with E-state index < -0.39 is 5.91 Å². The second-order valence-corrected chi connectivity index (χ2v) is 5.41. The molecular weight excluding hydrogens is 342 g/mol. The minimum atomic E-state index is -0.408. The summed E-state index contributed by atoms with van der Waals surface area (Å²) in [5.41, 5.74) is 1.79. The van der Waals surface area contributed by atoms with E-state index in [2.05, 4.69) is 26.6 Å². The lowest BCUT2D eigenvalue weighted by Crippen LogP contribution is -2.24. The molecule has 2 rings (SSSR count). The first-order chi connectivity index (χ1) is 10.7. The SMILES string of the molecule is N#C/C(=C/Nc1cccc(Br)c1)C(=O)NCc1ccccc1. The lowest BCUT2D eigenvalue weighted by Gasteiger charge is -2.05. The van der Waals surface area contributed by atoms with Crippen molar-refractivity contribution in [3.63, 3.8) is 0 Å². The summed E-state index contributed by atoms with van der Waals surface area (Å²) in [7, 11) is 0. The molecule has 4 nitrogen and oxygen atoms in total. The third-order valence-corrected chi connectivity index (χ3v) is 3.36. The lowest BCUT2D eigenvalue weighted by atomic mass is 10.2. The predicted molar refractivity (Wildman–Crippen MR) is 89.7 cm³/mol. The van der Waals surface area contributed by atoms with Crippen LogP contribution in [0.25, 0.3) is 0 Å². The Balaban J connectivity index is 1.97. The molecule has 0 saturated carbocycles. The summed E-state index contributed by atoms with van der Waals surface area (Å²) < 4.78 is 0.915. The highest BCUT2D eigenvalue weighted by atomic mass is 79.9. The summed E-state index contributed by atoms with van der Waals surface area (Å²) in [6.45, 7) is 0.385. The van der Waals surface area contributed by atoms with Gasteiger partial charge in [-0.25, -0.2) is 0 Å². The topological polar surface area (TPSA) is 64.9 Å². The van der Waals surface area contributed by atoms with Gasteiger partial charge in [0.2, 0.25) is 0 Å². The van der Waals surface area contributed by atoms with Gasteiger partial charge in [-0.3, -0.25) is 4.79 Å². The number of anilines is 1. The molecule has 0 aliphatic heterocycles. The number of halogens is 1. The smallest absolute Gasteiger partial charge is 0.263 e. The van der Waals surface area contributed by atoms with Crippen LogP contribution in [0.3, 0.4) is 0 Å². The molecule has 0 atom stereocenters. The number of nitriles is 1. The Morgan fingerprint density at radius 3 is 2.64 bits per heavy atom. The minimum absolute atomic E-state index is 0.0240. The largest absolute Gasteiger partial charge is 0.360 e. The van der Waals surface area contributed by atoms with Crippen molar-refractivity contribution < 1.29 is 4.79 Å². The third-order valence-electron chi connectivity index (χ3n) is 2.87. The number of nitrogens with zero attached hydrogens (tertiary/aromatic N) is 1. The summed E-state index contributed by atoms with van der Waals surface area (Å²) in [6.07, 6.45) is 1.40. The van der Waals surface area contributed by atoms with Crippen LogP contribution in [0, 0.1) is 11.3 Å². The Kier molecular flexibility index (Phi) is 5.75. The predicted octanol–water partition coefficient (Wildman–Crippen LogP) is 3.58. The number of amides is 1. The molecule has 22 heavy (non-hydrogen) atoms. The van der Waals surface area contributed by atoms with Crippen LogP contribution in [-0.4, -0.2) is 5.91 Å². The molecule has 0 aliphatic rings. The van der Waals surface area contributed by atoms with Crippen LogP contribution in [0.5, 0.6) is 0 Å². The van der Waals surface area contributed by atoms with Crippen LogP contribution < -0.4 is 10.6 Å². The fourth-order valence-corrected chi connectivity index (χ4v) is 2.16. The van der Waals surface area contributed by atoms with Gasteiger partial charge in [-0.15, -0.1) is 0 Å². The zero-order valence-electron chi connectivity index (χ0n) is 11.7. The van der Waals surface area contributed by atoms with Gasteiger partial charge in [-0.1, -0.05) is 52.3 Å². The number of hydrogen-bond donors (Lipinski definition) is 2. The molecule has 0 bridgehead atoms. The van der Waals surface area contributed by atoms with Crippen molar-refractivity contribution in [1.29, 1.82) is 5.26 Å². The van der Waals surface area contributed by atoms with Crippen molar-refractivity contribution in [2.24, 2.45) is 0 Å². The molecule has 0 spiro atoms. The summed E-state index contributed by atoms with van der Waals surface area (Å²) in [5.74, 6) is -0.408. The van der Waals surface area contributed by atoms with Gasteiger partial charge in [-0.05, 0) is 23.8 Å². The summed E-state index contributed by atoms with van der Waals surface area (Å²) in [6, 6.07) is 18.9. The van der Waals surface area contributed by atoms with Crippen LogP contribution in [0.1, 0.15) is 5.56 Å². The van der Waals surface area contributed by atoms with Gasteiger partial charge in [-0.2, -0.15) is 5.26 Å². The van der Waals surface area contributed by atoms with Gasteiger partial charge in [0.25, 0.3) is 5.91 Å². The maximum atomic E-state index is 12.0. The fourth-order valence-electron chi connectivity index (χ4n) is 1.76. The zero-order chi connectivity index (χ0) is 15.8. The number of benzene rings is 2. The second kappa shape index (κ2) is 8.01. The average Bonchev–Trinajstić information content (AvgIpc) is 2.54. The number of carbonyl (C=O) groups is 1. The molecular formula is C17H14BrN3O. The number of rotatable bonds is 5. The fraction of sp³-hybridized carbons (Fsp3) is 0.0588. The first-order valence-corrected chi connectivity index (χ1v) is 7.43. The molecule has 0 radical (unpaired) electrons. The monoisotopic (exact) mass is 355 g/mol. The maximum absolute atomic E-state index is 12.0. The standard InChI is InChI=1S/C17H14BrN3O/c18-15-7-4-8-16(9-15)20-12-14(10-19)17(22)21-11-13-5-2-1-3-6-13/h1-9,12,20H,11H2,(H,21,22)/b14-12-. The molecule has 0 unspecified atom stereocenters. The average molecular weight is 356 g/mol. The third kappa shape index (κ3) is 4.76. The van der Waals surface area contributed by atoms with E-state index in [9.17, 15) is 4.79 Å². The quantitative estimate of drug-likeness (QED) is 0.636. The van der Waals surface area contributed by atoms with E-state index in [1.807, 2.05) is 60.7 Å². The van der Waals surface area contributed by atoms with E-state index in [0.29, 0.717) is 6.54 Å². The van der Waals surface area contributed by atoms with Crippen LogP contribution in [0.2, 0.25) is 0 Å². The van der Waals surface area contributed by atoms with E-state index in [1.165, 1.54) is 6.20 Å². The van der Waals surface area contributed by atoms with Crippen molar-refractivity contribution >= 4 is 27.5 Å². The summed E-state index contributed by atoms with van der Waals surface area (Å²) >= 11 is 3.36. The summed E-state index contributed by atoms with van der Waals surface area (Å²) in [5, 5.41) is 14.8. The van der Waals surface area contributed by atoms with Gasteiger partial charge >= 0.3 is 0 Å². The van der Waals surface area contributed by atoms with Crippen LogP contribution in [0.4, 0.5) is 5.69 Å². The Hall–Kier alpha value is -2.58. The highest BCUT2D eigenvalue weighted by Gasteiger charge is 2.08. The first-order valence-electron chi connectivity index (χ1n) is 6.63. The second-order valence-electron chi connectivity index (χ2n) is 4.49. The molecule has 1 amide bonds. The minimum Gasteiger partial charge on any atom is -0.360 e. The van der Waals surface area contributed by atoms with Crippen molar-refractivity contribution in [3.05, 3.63) is 76.4 Å². The van der Waals surface area contributed by atoms with Gasteiger partial charge in [0.05, 0.1) is 0 Å². The molecule has 110 valence electrons. The Bertz CT molecular complexity index is 720. The van der Waals surface area contributed by atoms with E-state index in [0.717, 1.165) is 15.7 Å². The molecule has 2 aromatic rings. The number of nitrogens with one attached hydrogen (secondary N) is 2. The van der Waals surface area contributed by atoms with Crippen molar-refractivity contribution in [2.45, 2.75) is 6.54 Å². The van der Waals surface area contributed by atoms with Crippen LogP contribution in [-0.2, 0) is 11.3 Å². The lowest BCUT2D eigenvalue weighted by molar-refractivity contribution is -0.117. The molecule has 0 aromatic heterocycles. The Morgan fingerprint density at radius 1 is 1.18 bits per heavy atom. The molecule has 0 saturated heterocycles. The number of carbonyl (C=O) groups excluding carboxylic acids is 1.